The number of amides is 1. The molecule has 6 nitrogen and oxygen atoms in total. The molecule has 6 heteroatoms. The molecular formula is C16H20N4O2. The van der Waals surface area contributed by atoms with Crippen molar-refractivity contribution in [1.29, 1.82) is 0 Å². The molecule has 0 unspecified atom stereocenters. The summed E-state index contributed by atoms with van der Waals surface area (Å²) in [7, 11) is 5.80. The normalized spacial score (nSPS) is 14.0. The zero-order valence-electron chi connectivity index (χ0n) is 13.1. The molecule has 1 aromatic carbocycles. The number of fused-ring (bicyclic) bond motifs is 1. The molecule has 0 bridgehead atoms. The minimum Gasteiger partial charge on any atom is -0.491 e. The summed E-state index contributed by atoms with van der Waals surface area (Å²) in [6.45, 7) is 1.62. The Hall–Kier alpha value is -2.50. The molecule has 0 fully saturated rings. The highest BCUT2D eigenvalue weighted by Crippen LogP contribution is 2.28. The maximum absolute atomic E-state index is 12.6. The van der Waals surface area contributed by atoms with Crippen molar-refractivity contribution in [3.8, 4) is 5.75 Å². The van der Waals surface area contributed by atoms with Crippen LogP contribution in [0.2, 0.25) is 0 Å². The SMILES string of the molecule is CN(C)c1ccc2c(c1)CN(C(=O)c1cnn(C)c1)CCO2. The van der Waals surface area contributed by atoms with E-state index in [0.29, 0.717) is 25.3 Å². The fourth-order valence-electron chi connectivity index (χ4n) is 2.55. The first-order valence-electron chi connectivity index (χ1n) is 7.25. The zero-order chi connectivity index (χ0) is 15.7. The third-order valence-electron chi connectivity index (χ3n) is 3.78. The molecular weight excluding hydrogens is 280 g/mol. The maximum atomic E-state index is 12.6. The fourth-order valence-corrected chi connectivity index (χ4v) is 2.55. The molecule has 1 aliphatic rings. The molecule has 0 radical (unpaired) electrons. The number of aryl methyl sites for hydroxylation is 1. The van der Waals surface area contributed by atoms with Gasteiger partial charge in [-0.3, -0.25) is 9.48 Å². The topological polar surface area (TPSA) is 50.6 Å². The van der Waals surface area contributed by atoms with Crippen LogP contribution in [0.4, 0.5) is 5.69 Å². The van der Waals surface area contributed by atoms with Gasteiger partial charge in [0.15, 0.2) is 0 Å². The van der Waals surface area contributed by atoms with Gasteiger partial charge in [-0.25, -0.2) is 0 Å². The minimum atomic E-state index is -0.0141. The molecule has 0 aliphatic carbocycles. The molecule has 22 heavy (non-hydrogen) atoms. The van der Waals surface area contributed by atoms with E-state index in [1.165, 1.54) is 0 Å². The van der Waals surface area contributed by atoms with Crippen LogP contribution in [0.1, 0.15) is 15.9 Å². The first kappa shape index (κ1) is 14.4. The van der Waals surface area contributed by atoms with Crippen LogP contribution in [0.5, 0.6) is 5.75 Å². The lowest BCUT2D eigenvalue weighted by atomic mass is 10.1. The number of rotatable bonds is 2. The quantitative estimate of drug-likeness (QED) is 0.844. The molecule has 0 saturated heterocycles. The summed E-state index contributed by atoms with van der Waals surface area (Å²) in [6.07, 6.45) is 3.34. The number of carbonyl (C=O) groups is 1. The Bertz CT molecular complexity index is 693. The smallest absolute Gasteiger partial charge is 0.257 e. The van der Waals surface area contributed by atoms with Crippen molar-refractivity contribution in [2.24, 2.45) is 7.05 Å². The second-order valence-electron chi connectivity index (χ2n) is 5.66. The summed E-state index contributed by atoms with van der Waals surface area (Å²) in [5.74, 6) is 0.840. The predicted molar refractivity (Wildman–Crippen MR) is 84.2 cm³/mol. The van der Waals surface area contributed by atoms with E-state index >= 15 is 0 Å². The van der Waals surface area contributed by atoms with Crippen LogP contribution in [0.25, 0.3) is 0 Å². The third kappa shape index (κ3) is 2.77. The van der Waals surface area contributed by atoms with Gasteiger partial charge in [-0.05, 0) is 18.2 Å². The van der Waals surface area contributed by atoms with Gasteiger partial charge in [0.2, 0.25) is 0 Å². The van der Waals surface area contributed by atoms with E-state index in [9.17, 15) is 4.79 Å². The van der Waals surface area contributed by atoms with Crippen molar-refractivity contribution in [2.75, 3.05) is 32.1 Å². The highest BCUT2D eigenvalue weighted by Gasteiger charge is 2.22. The largest absolute Gasteiger partial charge is 0.491 e. The maximum Gasteiger partial charge on any atom is 0.257 e. The standard InChI is InChI=1S/C16H20N4O2/c1-18(2)14-4-5-15-12(8-14)11-20(6-7-22-15)16(21)13-9-17-19(3)10-13/h4-5,8-10H,6-7,11H2,1-3H3. The Balaban J connectivity index is 1.87. The number of aromatic nitrogens is 2. The van der Waals surface area contributed by atoms with Gasteiger partial charge in [-0.2, -0.15) is 5.10 Å². The summed E-state index contributed by atoms with van der Waals surface area (Å²) >= 11 is 0. The average molecular weight is 300 g/mol. The molecule has 0 spiro atoms. The molecule has 0 saturated carbocycles. The second-order valence-corrected chi connectivity index (χ2v) is 5.66. The van der Waals surface area contributed by atoms with Crippen molar-refractivity contribution < 1.29 is 9.53 Å². The average Bonchev–Trinajstić information content (AvgIpc) is 2.81. The van der Waals surface area contributed by atoms with E-state index in [1.54, 1.807) is 24.1 Å². The van der Waals surface area contributed by atoms with Crippen LogP contribution in [-0.4, -0.2) is 47.8 Å². The number of ether oxygens (including phenoxy) is 1. The molecule has 1 aromatic heterocycles. The highest BCUT2D eigenvalue weighted by molar-refractivity contribution is 5.93. The molecule has 1 amide bonds. The molecule has 0 atom stereocenters. The molecule has 3 rings (SSSR count). The van der Waals surface area contributed by atoms with E-state index in [1.807, 2.05) is 36.0 Å². The lowest BCUT2D eigenvalue weighted by molar-refractivity contribution is 0.0733. The minimum absolute atomic E-state index is 0.0141. The van der Waals surface area contributed by atoms with E-state index < -0.39 is 0 Å². The van der Waals surface area contributed by atoms with Crippen molar-refractivity contribution in [3.63, 3.8) is 0 Å². The van der Waals surface area contributed by atoms with E-state index in [4.69, 9.17) is 4.74 Å². The lowest BCUT2D eigenvalue weighted by Crippen LogP contribution is -2.32. The monoisotopic (exact) mass is 300 g/mol. The van der Waals surface area contributed by atoms with Crippen LogP contribution in [0.3, 0.4) is 0 Å². The van der Waals surface area contributed by atoms with Gasteiger partial charge in [-0.15, -0.1) is 0 Å². The van der Waals surface area contributed by atoms with Crippen molar-refractivity contribution in [1.82, 2.24) is 14.7 Å². The van der Waals surface area contributed by atoms with Crippen LogP contribution in [0.15, 0.2) is 30.6 Å². The predicted octanol–water partition coefficient (Wildman–Crippen LogP) is 1.52. The number of nitrogens with zero attached hydrogens (tertiary/aromatic N) is 4. The number of carbonyl (C=O) groups excluding carboxylic acids is 1. The van der Waals surface area contributed by atoms with Crippen molar-refractivity contribution in [2.45, 2.75) is 6.54 Å². The van der Waals surface area contributed by atoms with E-state index in [0.717, 1.165) is 17.0 Å². The van der Waals surface area contributed by atoms with Gasteiger partial charge >= 0.3 is 0 Å². The first-order valence-corrected chi connectivity index (χ1v) is 7.25. The van der Waals surface area contributed by atoms with E-state index in [-0.39, 0.29) is 5.91 Å². The number of anilines is 1. The van der Waals surface area contributed by atoms with Gasteiger partial charge in [0.1, 0.15) is 12.4 Å². The lowest BCUT2D eigenvalue weighted by Gasteiger charge is -2.20. The second kappa shape index (κ2) is 5.71. The zero-order valence-corrected chi connectivity index (χ0v) is 13.1. The van der Waals surface area contributed by atoms with Crippen LogP contribution in [0, 0.1) is 0 Å². The third-order valence-corrected chi connectivity index (χ3v) is 3.78. The van der Waals surface area contributed by atoms with Gasteiger partial charge in [0.25, 0.3) is 5.91 Å². The van der Waals surface area contributed by atoms with Crippen molar-refractivity contribution in [3.05, 3.63) is 41.7 Å². The molecule has 1 aliphatic heterocycles. The first-order chi connectivity index (χ1) is 10.5. The summed E-state index contributed by atoms with van der Waals surface area (Å²) < 4.78 is 7.41. The number of hydrogen-bond acceptors (Lipinski definition) is 4. The molecule has 2 aromatic rings. The molecule has 116 valence electrons. The van der Waals surface area contributed by atoms with Gasteiger partial charge < -0.3 is 14.5 Å². The van der Waals surface area contributed by atoms with Gasteiger partial charge in [0.05, 0.1) is 18.3 Å². The Labute approximate surface area is 129 Å². The van der Waals surface area contributed by atoms with Crippen molar-refractivity contribution >= 4 is 11.6 Å². The fraction of sp³-hybridized carbons (Fsp3) is 0.375. The van der Waals surface area contributed by atoms with Crippen LogP contribution >= 0.6 is 0 Å². The summed E-state index contributed by atoms with van der Waals surface area (Å²) in [4.78, 5) is 16.4. The Morgan fingerprint density at radius 2 is 2.18 bits per heavy atom. The molecule has 2 heterocycles. The van der Waals surface area contributed by atoms with Crippen LogP contribution < -0.4 is 9.64 Å². The number of hydrogen-bond donors (Lipinski definition) is 0. The Kier molecular flexibility index (Phi) is 3.75. The summed E-state index contributed by atoms with van der Waals surface area (Å²) in [5, 5.41) is 4.07. The van der Waals surface area contributed by atoms with Gasteiger partial charge in [0, 0.05) is 45.1 Å². The van der Waals surface area contributed by atoms with E-state index in [2.05, 4.69) is 11.2 Å². The van der Waals surface area contributed by atoms with Gasteiger partial charge in [-0.1, -0.05) is 0 Å². The van der Waals surface area contributed by atoms with Crippen LogP contribution in [-0.2, 0) is 13.6 Å². The summed E-state index contributed by atoms with van der Waals surface area (Å²) in [5.41, 5.74) is 2.73. The summed E-state index contributed by atoms with van der Waals surface area (Å²) in [6, 6.07) is 6.07. The highest BCUT2D eigenvalue weighted by atomic mass is 16.5. The molecule has 0 N–H and O–H groups in total. The Morgan fingerprint density at radius 3 is 2.86 bits per heavy atom. The number of benzene rings is 1. The Morgan fingerprint density at radius 1 is 1.36 bits per heavy atom.